The normalized spacial score (nSPS) is 24.5. The number of aromatic nitrogens is 1. The first kappa shape index (κ1) is 22.3. The smallest absolute Gasteiger partial charge is 0.130 e. The van der Waals surface area contributed by atoms with Gasteiger partial charge in [-0.1, -0.05) is 18.7 Å². The lowest BCUT2D eigenvalue weighted by Gasteiger charge is -2.37. The molecule has 0 bridgehead atoms. The Hall–Kier alpha value is -2.50. The first-order chi connectivity index (χ1) is 16.0. The molecule has 0 unspecified atom stereocenters. The van der Waals surface area contributed by atoms with Gasteiger partial charge in [-0.3, -0.25) is 4.99 Å². The van der Waals surface area contributed by atoms with Crippen LogP contribution in [0.2, 0.25) is 0 Å². The second-order valence-electron chi connectivity index (χ2n) is 10.3. The summed E-state index contributed by atoms with van der Waals surface area (Å²) in [7, 11) is 2.23. The van der Waals surface area contributed by atoms with Gasteiger partial charge in [0, 0.05) is 68.3 Å². The summed E-state index contributed by atoms with van der Waals surface area (Å²) in [5, 5.41) is 5.91. The van der Waals surface area contributed by atoms with Crippen LogP contribution in [0.15, 0.2) is 53.9 Å². The summed E-state index contributed by atoms with van der Waals surface area (Å²) in [5.74, 6) is 2.28. The van der Waals surface area contributed by atoms with E-state index in [-0.39, 0.29) is 0 Å². The van der Waals surface area contributed by atoms with E-state index in [0.717, 1.165) is 29.2 Å². The summed E-state index contributed by atoms with van der Waals surface area (Å²) >= 11 is 0. The summed E-state index contributed by atoms with van der Waals surface area (Å²) in [5.41, 5.74) is 4.84. The minimum absolute atomic E-state index is 0.543. The average molecular weight is 444 g/mol. The molecule has 2 aromatic rings. The highest BCUT2D eigenvalue weighted by atomic mass is 15.2. The van der Waals surface area contributed by atoms with Crippen LogP contribution >= 0.6 is 0 Å². The quantitative estimate of drug-likeness (QED) is 0.647. The molecule has 1 aromatic heterocycles. The van der Waals surface area contributed by atoms with Gasteiger partial charge in [-0.05, 0) is 80.1 Å². The summed E-state index contributed by atoms with van der Waals surface area (Å²) in [6, 6.07) is 8.75. The molecule has 2 aliphatic heterocycles. The van der Waals surface area contributed by atoms with Gasteiger partial charge in [0.15, 0.2) is 0 Å². The minimum atomic E-state index is 0.543. The number of nitrogens with zero attached hydrogens (tertiary/aromatic N) is 4. The summed E-state index contributed by atoms with van der Waals surface area (Å²) < 4.78 is 0. The molecule has 0 atom stereocenters. The third kappa shape index (κ3) is 5.36. The van der Waals surface area contributed by atoms with E-state index in [4.69, 9.17) is 0 Å². The number of piperazine rings is 1. The molecule has 5 nitrogen and oxygen atoms in total. The number of rotatable bonds is 6. The van der Waals surface area contributed by atoms with Crippen LogP contribution in [0.4, 0.5) is 5.82 Å². The van der Waals surface area contributed by atoms with E-state index in [0.29, 0.717) is 5.92 Å². The Kier molecular flexibility index (Phi) is 6.61. The second-order valence-corrected chi connectivity index (χ2v) is 10.3. The van der Waals surface area contributed by atoms with Crippen LogP contribution in [0.25, 0.3) is 16.3 Å². The third-order valence-corrected chi connectivity index (χ3v) is 7.72. The lowest BCUT2D eigenvalue weighted by Crippen LogP contribution is -2.46. The van der Waals surface area contributed by atoms with Crippen LogP contribution in [0.3, 0.4) is 0 Å². The molecule has 3 heterocycles. The minimum Gasteiger partial charge on any atom is -0.344 e. The van der Waals surface area contributed by atoms with Crippen molar-refractivity contribution < 1.29 is 0 Å². The number of hydrogen-bond acceptors (Lipinski definition) is 5. The highest BCUT2D eigenvalue weighted by Gasteiger charge is 2.26. The number of hydrogen-bond donors (Lipinski definition) is 1. The fourth-order valence-corrected chi connectivity index (χ4v) is 5.50. The van der Waals surface area contributed by atoms with Gasteiger partial charge >= 0.3 is 0 Å². The van der Waals surface area contributed by atoms with Crippen molar-refractivity contribution in [3.8, 4) is 0 Å². The number of allylic oxidation sites excluding steroid dienone is 2. The van der Waals surface area contributed by atoms with Gasteiger partial charge in [-0.15, -0.1) is 0 Å². The molecule has 5 rings (SSSR count). The molecular formula is C28H37N5. The van der Waals surface area contributed by atoms with Crippen LogP contribution in [-0.2, 0) is 0 Å². The molecule has 0 amide bonds. The van der Waals surface area contributed by atoms with Crippen LogP contribution in [0.1, 0.15) is 44.6 Å². The second kappa shape index (κ2) is 9.78. The van der Waals surface area contributed by atoms with Crippen LogP contribution < -0.4 is 5.32 Å². The maximum atomic E-state index is 4.66. The largest absolute Gasteiger partial charge is 0.344 e. The van der Waals surface area contributed by atoms with E-state index in [1.807, 2.05) is 12.4 Å². The topological polar surface area (TPSA) is 43.8 Å². The number of benzene rings is 1. The number of aliphatic imine (C=N–C) groups is 1. The molecule has 33 heavy (non-hydrogen) atoms. The van der Waals surface area contributed by atoms with Crippen molar-refractivity contribution in [3.05, 3.63) is 54.5 Å². The molecule has 3 aliphatic rings. The Balaban J connectivity index is 1.16. The van der Waals surface area contributed by atoms with E-state index < -0.39 is 0 Å². The Morgan fingerprint density at radius 2 is 1.85 bits per heavy atom. The summed E-state index contributed by atoms with van der Waals surface area (Å²) in [6.07, 6.45) is 9.98. The van der Waals surface area contributed by atoms with E-state index in [1.165, 1.54) is 80.6 Å². The molecule has 1 aliphatic carbocycles. The van der Waals surface area contributed by atoms with E-state index in [9.17, 15) is 0 Å². The van der Waals surface area contributed by atoms with Crippen molar-refractivity contribution >= 4 is 27.9 Å². The number of pyridine rings is 1. The van der Waals surface area contributed by atoms with Crippen molar-refractivity contribution in [2.45, 2.75) is 39.0 Å². The molecule has 2 fully saturated rings. The molecule has 0 radical (unpaired) electrons. The van der Waals surface area contributed by atoms with E-state index >= 15 is 0 Å². The highest BCUT2D eigenvalue weighted by molar-refractivity contribution is 5.98. The zero-order valence-corrected chi connectivity index (χ0v) is 20.2. The summed E-state index contributed by atoms with van der Waals surface area (Å²) in [4.78, 5) is 14.2. The molecule has 1 saturated carbocycles. The van der Waals surface area contributed by atoms with Gasteiger partial charge in [-0.2, -0.15) is 0 Å². The Labute approximate surface area is 198 Å². The average Bonchev–Trinajstić information content (AvgIpc) is 3.27. The van der Waals surface area contributed by atoms with Crippen molar-refractivity contribution in [1.82, 2.24) is 14.8 Å². The van der Waals surface area contributed by atoms with E-state index in [1.54, 1.807) is 0 Å². The van der Waals surface area contributed by atoms with Gasteiger partial charge < -0.3 is 15.1 Å². The van der Waals surface area contributed by atoms with Gasteiger partial charge in [0.2, 0.25) is 0 Å². The fraction of sp³-hybridized carbons (Fsp3) is 0.500. The predicted octanol–water partition coefficient (Wildman–Crippen LogP) is 5.42. The van der Waals surface area contributed by atoms with Gasteiger partial charge in [-0.25, -0.2) is 4.98 Å². The monoisotopic (exact) mass is 443 g/mol. The maximum absolute atomic E-state index is 4.66. The molecule has 1 N–H and O–H groups in total. The predicted molar refractivity (Wildman–Crippen MR) is 140 cm³/mol. The van der Waals surface area contributed by atoms with Gasteiger partial charge in [0.1, 0.15) is 5.82 Å². The van der Waals surface area contributed by atoms with Crippen molar-refractivity contribution in [2.75, 3.05) is 45.1 Å². The van der Waals surface area contributed by atoms with Crippen molar-refractivity contribution in [3.63, 3.8) is 0 Å². The SMILES string of the molecule is C=C(Nc1cc2cc(C3=CN=C(C)C3)ccc2cn1)C1CCC(CN2CCN(C)CC2)CC1. The molecule has 5 heteroatoms. The van der Waals surface area contributed by atoms with Gasteiger partial charge in [0.25, 0.3) is 0 Å². The molecular weight excluding hydrogens is 406 g/mol. The van der Waals surface area contributed by atoms with Crippen LogP contribution in [-0.4, -0.2) is 60.3 Å². The van der Waals surface area contributed by atoms with E-state index in [2.05, 4.69) is 69.9 Å². The molecule has 174 valence electrons. The van der Waals surface area contributed by atoms with Crippen LogP contribution in [0.5, 0.6) is 0 Å². The number of fused-ring (bicyclic) bond motifs is 1. The third-order valence-electron chi connectivity index (χ3n) is 7.72. The first-order valence-electron chi connectivity index (χ1n) is 12.5. The summed E-state index contributed by atoms with van der Waals surface area (Å²) in [6.45, 7) is 12.6. The van der Waals surface area contributed by atoms with Crippen molar-refractivity contribution in [1.29, 1.82) is 0 Å². The number of nitrogens with one attached hydrogen (secondary N) is 1. The Morgan fingerprint density at radius 3 is 2.58 bits per heavy atom. The molecule has 0 spiro atoms. The number of anilines is 1. The standard InChI is InChI=1S/C28H37N5/c1-20-14-27(18-29-20)24-8-9-25-17-30-28(16-26(25)15-24)31-21(2)23-6-4-22(5-7-23)19-33-12-10-32(3)11-13-33/h8-9,15-18,22-23H,2,4-7,10-14,19H2,1,3H3,(H,30,31). The Bertz CT molecular complexity index is 1070. The van der Waals surface area contributed by atoms with Crippen LogP contribution in [0, 0.1) is 11.8 Å². The van der Waals surface area contributed by atoms with Gasteiger partial charge in [0.05, 0.1) is 0 Å². The first-order valence-corrected chi connectivity index (χ1v) is 12.5. The van der Waals surface area contributed by atoms with Crippen molar-refractivity contribution in [2.24, 2.45) is 16.8 Å². The molecule has 1 aromatic carbocycles. The number of likely N-dealkylation sites (N-methyl/N-ethyl adjacent to an activating group) is 1. The Morgan fingerprint density at radius 1 is 1.06 bits per heavy atom. The zero-order chi connectivity index (χ0) is 22.8. The lowest BCUT2D eigenvalue weighted by atomic mass is 9.80. The molecule has 1 saturated heterocycles. The lowest BCUT2D eigenvalue weighted by molar-refractivity contribution is 0.121. The zero-order valence-electron chi connectivity index (χ0n) is 20.2. The maximum Gasteiger partial charge on any atom is 0.130 e. The highest BCUT2D eigenvalue weighted by Crippen LogP contribution is 2.34. The fourth-order valence-electron chi connectivity index (χ4n) is 5.50.